The van der Waals surface area contributed by atoms with Crippen LogP contribution in [0.5, 0.6) is 11.5 Å². The molecule has 10 heteroatoms. The summed E-state index contributed by atoms with van der Waals surface area (Å²) in [5.41, 5.74) is 1.56. The van der Waals surface area contributed by atoms with Crippen molar-refractivity contribution in [3.63, 3.8) is 0 Å². The molecule has 0 saturated heterocycles. The lowest BCUT2D eigenvalue weighted by Crippen LogP contribution is -2.41. The Morgan fingerprint density at radius 1 is 0.892 bits per heavy atom. The van der Waals surface area contributed by atoms with Crippen molar-refractivity contribution in [2.45, 2.75) is 38.8 Å². The predicted octanol–water partition coefficient (Wildman–Crippen LogP) is 5.20. The Morgan fingerprint density at radius 2 is 1.43 bits per heavy atom. The molecule has 2 atom stereocenters. The van der Waals surface area contributed by atoms with Crippen LogP contribution in [0.25, 0.3) is 0 Å². The average Bonchev–Trinajstić information content (AvgIpc) is 2.86. The Hall–Kier alpha value is -3.62. The topological polar surface area (TPSA) is 104 Å². The minimum absolute atomic E-state index is 0.144. The smallest absolute Gasteiger partial charge is 0.328 e. The van der Waals surface area contributed by atoms with Gasteiger partial charge in [-0.15, -0.1) is 0 Å². The van der Waals surface area contributed by atoms with Gasteiger partial charge in [0.1, 0.15) is 12.1 Å². The van der Waals surface area contributed by atoms with Crippen molar-refractivity contribution in [3.8, 4) is 11.5 Å². The number of amides is 1. The number of aromatic nitrogens is 1. The van der Waals surface area contributed by atoms with E-state index in [9.17, 15) is 14.4 Å². The fraction of sp³-hybridized carbons (Fsp3) is 0.259. The predicted molar refractivity (Wildman–Crippen MR) is 139 cm³/mol. The first-order valence-electron chi connectivity index (χ1n) is 11.3. The summed E-state index contributed by atoms with van der Waals surface area (Å²) in [6.45, 7) is 4.44. The van der Waals surface area contributed by atoms with E-state index in [2.05, 4.69) is 10.3 Å². The van der Waals surface area contributed by atoms with Crippen LogP contribution < -0.4 is 14.8 Å². The molecule has 37 heavy (non-hydrogen) atoms. The molecule has 0 bridgehead atoms. The number of nitrogens with one attached hydrogen (secondary N) is 1. The number of rotatable bonds is 9. The van der Waals surface area contributed by atoms with Gasteiger partial charge in [-0.05, 0) is 49.2 Å². The molecule has 0 aliphatic carbocycles. The SMILES string of the molecule is COc1ccnc(C(=O)N[C@@H](C)C(=O)O[C@@H](C)C(c2ccc(Cl)cc2)c2ccc(Cl)cc2)c1OC(C)=O. The minimum Gasteiger partial charge on any atom is -0.493 e. The van der Waals surface area contributed by atoms with Crippen LogP contribution in [0.4, 0.5) is 0 Å². The number of pyridine rings is 1. The summed E-state index contributed by atoms with van der Waals surface area (Å²) in [4.78, 5) is 41.4. The quantitative estimate of drug-likeness (QED) is 0.369. The molecule has 8 nitrogen and oxygen atoms in total. The summed E-state index contributed by atoms with van der Waals surface area (Å²) in [5.74, 6) is -2.37. The lowest BCUT2D eigenvalue weighted by atomic mass is 9.87. The van der Waals surface area contributed by atoms with Gasteiger partial charge in [-0.25, -0.2) is 9.78 Å². The molecule has 1 heterocycles. The molecule has 0 unspecified atom stereocenters. The van der Waals surface area contributed by atoms with E-state index in [0.717, 1.165) is 11.1 Å². The van der Waals surface area contributed by atoms with Gasteiger partial charge in [0, 0.05) is 35.2 Å². The molecule has 0 radical (unpaired) electrons. The number of ether oxygens (including phenoxy) is 3. The van der Waals surface area contributed by atoms with E-state index in [0.29, 0.717) is 10.0 Å². The Balaban J connectivity index is 1.78. The maximum Gasteiger partial charge on any atom is 0.328 e. The molecule has 194 valence electrons. The van der Waals surface area contributed by atoms with Crippen molar-refractivity contribution < 1.29 is 28.6 Å². The van der Waals surface area contributed by atoms with E-state index in [4.69, 9.17) is 37.4 Å². The highest BCUT2D eigenvalue weighted by Gasteiger charge is 2.29. The average molecular weight is 545 g/mol. The van der Waals surface area contributed by atoms with Gasteiger partial charge in [-0.2, -0.15) is 0 Å². The molecular weight excluding hydrogens is 519 g/mol. The first-order valence-corrected chi connectivity index (χ1v) is 12.1. The van der Waals surface area contributed by atoms with Crippen molar-refractivity contribution in [3.05, 3.63) is 87.7 Å². The highest BCUT2D eigenvalue weighted by atomic mass is 35.5. The van der Waals surface area contributed by atoms with E-state index in [1.54, 1.807) is 31.2 Å². The van der Waals surface area contributed by atoms with Gasteiger partial charge in [0.15, 0.2) is 11.4 Å². The van der Waals surface area contributed by atoms with Crippen LogP contribution in [0.1, 0.15) is 48.3 Å². The van der Waals surface area contributed by atoms with Crippen LogP contribution in [0, 0.1) is 0 Å². The fourth-order valence-corrected chi connectivity index (χ4v) is 4.00. The van der Waals surface area contributed by atoms with Gasteiger partial charge in [0.05, 0.1) is 7.11 Å². The summed E-state index contributed by atoms with van der Waals surface area (Å²) in [7, 11) is 1.36. The molecule has 1 amide bonds. The summed E-state index contributed by atoms with van der Waals surface area (Å²) in [6.07, 6.45) is 0.718. The first kappa shape index (κ1) is 28.0. The molecule has 2 aromatic carbocycles. The summed E-state index contributed by atoms with van der Waals surface area (Å²) < 4.78 is 16.1. The zero-order valence-corrected chi connectivity index (χ0v) is 22.2. The maximum atomic E-state index is 13.0. The van der Waals surface area contributed by atoms with Gasteiger partial charge in [0.2, 0.25) is 5.75 Å². The summed E-state index contributed by atoms with van der Waals surface area (Å²) in [6, 6.07) is 14.9. The second kappa shape index (κ2) is 12.6. The third-order valence-corrected chi connectivity index (χ3v) is 5.98. The second-order valence-corrected chi connectivity index (χ2v) is 9.08. The van der Waals surface area contributed by atoms with Crippen molar-refractivity contribution in [2.24, 2.45) is 0 Å². The number of nitrogens with zero attached hydrogens (tertiary/aromatic N) is 1. The van der Waals surface area contributed by atoms with E-state index in [1.807, 2.05) is 24.3 Å². The molecule has 0 fully saturated rings. The van der Waals surface area contributed by atoms with Crippen LogP contribution in [0.2, 0.25) is 10.0 Å². The Morgan fingerprint density at radius 3 is 1.92 bits per heavy atom. The van der Waals surface area contributed by atoms with E-state index in [-0.39, 0.29) is 23.1 Å². The molecule has 0 spiro atoms. The van der Waals surface area contributed by atoms with Crippen LogP contribution in [0.15, 0.2) is 60.8 Å². The van der Waals surface area contributed by atoms with Gasteiger partial charge < -0.3 is 19.5 Å². The van der Waals surface area contributed by atoms with E-state index < -0.39 is 30.0 Å². The normalized spacial score (nSPS) is 12.4. The van der Waals surface area contributed by atoms with Crippen molar-refractivity contribution in [2.75, 3.05) is 7.11 Å². The molecular formula is C27H26Cl2N2O6. The van der Waals surface area contributed by atoms with E-state index in [1.165, 1.54) is 33.2 Å². The number of carbonyl (C=O) groups is 3. The van der Waals surface area contributed by atoms with Gasteiger partial charge in [-0.3, -0.25) is 9.59 Å². The zero-order valence-electron chi connectivity index (χ0n) is 20.7. The number of halogens is 2. The molecule has 0 aliphatic heterocycles. The highest BCUT2D eigenvalue weighted by molar-refractivity contribution is 6.30. The standard InChI is InChI=1S/C27H26Cl2N2O6/c1-15(31-26(33)24-25(37-17(3)32)22(35-4)13-14-30-24)27(34)36-16(2)23(18-5-9-20(28)10-6-18)19-7-11-21(29)12-8-19/h5-16,23H,1-4H3,(H,31,33)/t15-,16-/m0/s1. The third kappa shape index (κ3) is 7.21. The van der Waals surface area contributed by atoms with Crippen molar-refractivity contribution in [1.29, 1.82) is 0 Å². The maximum absolute atomic E-state index is 13.0. The van der Waals surface area contributed by atoms with Crippen molar-refractivity contribution in [1.82, 2.24) is 10.3 Å². The second-order valence-electron chi connectivity index (χ2n) is 8.20. The van der Waals surface area contributed by atoms with Crippen LogP contribution in [-0.2, 0) is 14.3 Å². The van der Waals surface area contributed by atoms with Crippen LogP contribution in [0.3, 0.4) is 0 Å². The molecule has 0 saturated carbocycles. The number of carbonyl (C=O) groups excluding carboxylic acids is 3. The number of benzene rings is 2. The molecule has 3 rings (SSSR count). The van der Waals surface area contributed by atoms with Crippen molar-refractivity contribution >= 4 is 41.0 Å². The molecule has 1 aromatic heterocycles. The number of hydrogen-bond acceptors (Lipinski definition) is 7. The van der Waals surface area contributed by atoms with Crippen LogP contribution in [-0.4, -0.2) is 42.1 Å². The van der Waals surface area contributed by atoms with Crippen LogP contribution >= 0.6 is 23.2 Å². The minimum atomic E-state index is -1.04. The monoisotopic (exact) mass is 544 g/mol. The molecule has 1 N–H and O–H groups in total. The Kier molecular flexibility index (Phi) is 9.49. The number of hydrogen-bond donors (Lipinski definition) is 1. The largest absolute Gasteiger partial charge is 0.493 e. The number of methoxy groups -OCH3 is 1. The van der Waals surface area contributed by atoms with Gasteiger partial charge in [0.25, 0.3) is 5.91 Å². The Bertz CT molecular complexity index is 1220. The summed E-state index contributed by atoms with van der Waals surface area (Å²) in [5, 5.41) is 3.71. The number of esters is 2. The van der Waals surface area contributed by atoms with Gasteiger partial charge >= 0.3 is 11.9 Å². The fourth-order valence-electron chi connectivity index (χ4n) is 3.75. The third-order valence-electron chi connectivity index (χ3n) is 5.48. The Labute approximate surface area is 224 Å². The lowest BCUT2D eigenvalue weighted by molar-refractivity contribution is -0.150. The van der Waals surface area contributed by atoms with E-state index >= 15 is 0 Å². The first-order chi connectivity index (χ1) is 17.6. The molecule has 3 aromatic rings. The zero-order chi connectivity index (χ0) is 27.1. The molecule has 0 aliphatic rings. The lowest BCUT2D eigenvalue weighted by Gasteiger charge is -2.26. The van der Waals surface area contributed by atoms with Gasteiger partial charge in [-0.1, -0.05) is 47.5 Å². The highest BCUT2D eigenvalue weighted by Crippen LogP contribution is 2.32. The summed E-state index contributed by atoms with van der Waals surface area (Å²) >= 11 is 12.1.